The van der Waals surface area contributed by atoms with Crippen molar-refractivity contribution in [1.29, 1.82) is 0 Å². The number of non-ortho nitro benzene ring substituents is 1. The van der Waals surface area contributed by atoms with Crippen LogP contribution in [0.2, 0.25) is 0 Å². The van der Waals surface area contributed by atoms with Crippen molar-refractivity contribution >= 4 is 11.7 Å². The molecular formula is C13H17N3O4. The molecule has 0 bridgehead atoms. The number of nitro benzene ring substituents is 1. The number of carbonyl (C=O) groups is 1. The highest BCUT2D eigenvalue weighted by Gasteiger charge is 2.14. The van der Waals surface area contributed by atoms with Crippen LogP contribution in [0.1, 0.15) is 10.4 Å². The molecule has 0 aromatic heterocycles. The Kier molecular flexibility index (Phi) is 5.03. The van der Waals surface area contributed by atoms with E-state index in [9.17, 15) is 14.9 Å². The number of ether oxygens (including phenoxy) is 1. The van der Waals surface area contributed by atoms with Crippen molar-refractivity contribution in [3.05, 3.63) is 39.9 Å². The summed E-state index contributed by atoms with van der Waals surface area (Å²) in [4.78, 5) is 24.1. The third kappa shape index (κ3) is 4.01. The van der Waals surface area contributed by atoms with Crippen molar-refractivity contribution in [3.8, 4) is 0 Å². The Morgan fingerprint density at radius 3 is 2.85 bits per heavy atom. The summed E-state index contributed by atoms with van der Waals surface area (Å²) in [5.74, 6) is -0.524. The second kappa shape index (κ2) is 6.97. The third-order valence-electron chi connectivity index (χ3n) is 3.14. The van der Waals surface area contributed by atoms with E-state index in [2.05, 4.69) is 10.2 Å². The number of nitrogens with one attached hydrogen (secondary N) is 1. The third-order valence-corrected chi connectivity index (χ3v) is 3.14. The van der Waals surface area contributed by atoms with Crippen LogP contribution in [0.15, 0.2) is 24.3 Å². The molecule has 1 saturated heterocycles. The fourth-order valence-electron chi connectivity index (χ4n) is 2.03. The van der Waals surface area contributed by atoms with Crippen LogP contribution < -0.4 is 5.32 Å². The SMILES string of the molecule is O=C(OCCN1CCNCC1)c1cccc([N+](=O)[O-])c1. The molecule has 1 aromatic carbocycles. The van der Waals surface area contributed by atoms with Gasteiger partial charge in [-0.3, -0.25) is 15.0 Å². The van der Waals surface area contributed by atoms with E-state index in [1.807, 2.05) is 0 Å². The first kappa shape index (κ1) is 14.4. The Morgan fingerprint density at radius 1 is 1.40 bits per heavy atom. The zero-order valence-corrected chi connectivity index (χ0v) is 11.1. The summed E-state index contributed by atoms with van der Waals surface area (Å²) < 4.78 is 5.14. The van der Waals surface area contributed by atoms with Gasteiger partial charge < -0.3 is 10.1 Å². The number of nitrogens with zero attached hydrogens (tertiary/aromatic N) is 2. The van der Waals surface area contributed by atoms with Gasteiger partial charge in [0.2, 0.25) is 0 Å². The quantitative estimate of drug-likeness (QED) is 0.484. The van der Waals surface area contributed by atoms with Gasteiger partial charge in [-0.25, -0.2) is 4.79 Å². The number of rotatable bonds is 5. The van der Waals surface area contributed by atoms with Crippen LogP contribution in [0.3, 0.4) is 0 Å². The Hall–Kier alpha value is -1.99. The normalized spacial score (nSPS) is 15.8. The van der Waals surface area contributed by atoms with E-state index in [-0.39, 0.29) is 11.3 Å². The molecular weight excluding hydrogens is 262 g/mol. The lowest BCUT2D eigenvalue weighted by Gasteiger charge is -2.26. The lowest BCUT2D eigenvalue weighted by molar-refractivity contribution is -0.384. The summed E-state index contributed by atoms with van der Waals surface area (Å²) >= 11 is 0. The molecule has 1 aliphatic rings. The van der Waals surface area contributed by atoms with Crippen LogP contribution in [0.4, 0.5) is 5.69 Å². The molecule has 7 heteroatoms. The van der Waals surface area contributed by atoms with E-state index in [1.165, 1.54) is 24.3 Å². The van der Waals surface area contributed by atoms with Crippen LogP contribution in [0, 0.1) is 10.1 Å². The van der Waals surface area contributed by atoms with Crippen molar-refractivity contribution in [2.24, 2.45) is 0 Å². The molecule has 2 rings (SSSR count). The minimum absolute atomic E-state index is 0.110. The fraction of sp³-hybridized carbons (Fsp3) is 0.462. The summed E-state index contributed by atoms with van der Waals surface area (Å²) in [6, 6.07) is 5.57. The fourth-order valence-corrected chi connectivity index (χ4v) is 2.03. The topological polar surface area (TPSA) is 84.7 Å². The molecule has 108 valence electrons. The van der Waals surface area contributed by atoms with Gasteiger partial charge in [0.1, 0.15) is 6.61 Å². The number of hydrogen-bond donors (Lipinski definition) is 1. The maximum Gasteiger partial charge on any atom is 0.338 e. The summed E-state index contributed by atoms with van der Waals surface area (Å²) in [5.41, 5.74) is 0.0982. The minimum atomic E-state index is -0.530. The van der Waals surface area contributed by atoms with Gasteiger partial charge >= 0.3 is 5.97 Å². The van der Waals surface area contributed by atoms with Crippen LogP contribution in [-0.2, 0) is 4.74 Å². The van der Waals surface area contributed by atoms with Gasteiger partial charge in [-0.1, -0.05) is 6.07 Å². The van der Waals surface area contributed by atoms with Gasteiger partial charge in [-0.2, -0.15) is 0 Å². The highest BCUT2D eigenvalue weighted by molar-refractivity contribution is 5.90. The van der Waals surface area contributed by atoms with Gasteiger partial charge in [0.05, 0.1) is 10.5 Å². The Bertz CT molecular complexity index is 486. The lowest BCUT2D eigenvalue weighted by atomic mass is 10.2. The molecule has 20 heavy (non-hydrogen) atoms. The van der Waals surface area contributed by atoms with Gasteiger partial charge in [-0.05, 0) is 6.07 Å². The van der Waals surface area contributed by atoms with Crippen molar-refractivity contribution in [1.82, 2.24) is 10.2 Å². The lowest BCUT2D eigenvalue weighted by Crippen LogP contribution is -2.44. The summed E-state index contributed by atoms with van der Waals surface area (Å²) in [7, 11) is 0. The van der Waals surface area contributed by atoms with Crippen LogP contribution in [-0.4, -0.2) is 55.1 Å². The minimum Gasteiger partial charge on any atom is -0.461 e. The van der Waals surface area contributed by atoms with Gasteiger partial charge in [-0.15, -0.1) is 0 Å². The zero-order chi connectivity index (χ0) is 14.4. The predicted octanol–water partition coefficient (Wildman–Crippen LogP) is 0.657. The van der Waals surface area contributed by atoms with Crippen molar-refractivity contribution < 1.29 is 14.5 Å². The van der Waals surface area contributed by atoms with E-state index < -0.39 is 10.9 Å². The number of esters is 1. The maximum atomic E-state index is 11.8. The smallest absolute Gasteiger partial charge is 0.338 e. The first-order valence-electron chi connectivity index (χ1n) is 6.51. The molecule has 0 spiro atoms. The van der Waals surface area contributed by atoms with E-state index in [1.54, 1.807) is 0 Å². The highest BCUT2D eigenvalue weighted by atomic mass is 16.6. The number of carbonyl (C=O) groups excluding carboxylic acids is 1. The Labute approximate surface area is 116 Å². The Balaban J connectivity index is 1.82. The molecule has 1 aliphatic heterocycles. The molecule has 7 nitrogen and oxygen atoms in total. The first-order valence-corrected chi connectivity index (χ1v) is 6.51. The summed E-state index contributed by atoms with van der Waals surface area (Å²) in [5, 5.41) is 13.9. The van der Waals surface area contributed by atoms with Crippen molar-refractivity contribution in [2.45, 2.75) is 0 Å². The molecule has 0 aliphatic carbocycles. The van der Waals surface area contributed by atoms with E-state index in [0.29, 0.717) is 13.2 Å². The molecule has 1 fully saturated rings. The van der Waals surface area contributed by atoms with Gasteiger partial charge in [0, 0.05) is 44.9 Å². The molecule has 1 heterocycles. The largest absolute Gasteiger partial charge is 0.461 e. The monoisotopic (exact) mass is 279 g/mol. The Morgan fingerprint density at radius 2 is 2.15 bits per heavy atom. The van der Waals surface area contributed by atoms with Crippen LogP contribution in [0.5, 0.6) is 0 Å². The average Bonchev–Trinajstić information content (AvgIpc) is 2.48. The van der Waals surface area contributed by atoms with E-state index >= 15 is 0 Å². The average molecular weight is 279 g/mol. The molecule has 0 radical (unpaired) electrons. The summed E-state index contributed by atoms with van der Waals surface area (Å²) in [6.07, 6.45) is 0. The van der Waals surface area contributed by atoms with Gasteiger partial charge in [0.25, 0.3) is 5.69 Å². The maximum absolute atomic E-state index is 11.8. The zero-order valence-electron chi connectivity index (χ0n) is 11.1. The standard InChI is InChI=1S/C13H17N3O4/c17-13(11-2-1-3-12(10-11)16(18)19)20-9-8-15-6-4-14-5-7-15/h1-3,10,14H,4-9H2. The molecule has 1 aromatic rings. The summed E-state index contributed by atoms with van der Waals surface area (Å²) in [6.45, 7) is 4.74. The van der Waals surface area contributed by atoms with E-state index in [0.717, 1.165) is 26.2 Å². The predicted molar refractivity (Wildman–Crippen MR) is 72.7 cm³/mol. The first-order chi connectivity index (χ1) is 9.66. The van der Waals surface area contributed by atoms with Crippen LogP contribution in [0.25, 0.3) is 0 Å². The highest BCUT2D eigenvalue weighted by Crippen LogP contribution is 2.13. The second-order valence-electron chi connectivity index (χ2n) is 4.53. The molecule has 0 unspecified atom stereocenters. The molecule has 0 amide bonds. The number of nitro groups is 1. The van der Waals surface area contributed by atoms with Crippen LogP contribution >= 0.6 is 0 Å². The van der Waals surface area contributed by atoms with Crippen molar-refractivity contribution in [3.63, 3.8) is 0 Å². The molecule has 0 atom stereocenters. The van der Waals surface area contributed by atoms with Crippen molar-refractivity contribution in [2.75, 3.05) is 39.3 Å². The van der Waals surface area contributed by atoms with Gasteiger partial charge in [0.15, 0.2) is 0 Å². The molecule has 1 N–H and O–H groups in total. The number of piperazine rings is 1. The number of hydrogen-bond acceptors (Lipinski definition) is 6. The second-order valence-corrected chi connectivity index (χ2v) is 4.53. The van der Waals surface area contributed by atoms with E-state index in [4.69, 9.17) is 4.74 Å². The number of benzene rings is 1. The molecule has 0 saturated carbocycles.